The standard InChI is InChI=1S/C17H18/c1-3-5-15-8-12-17(13-9-15)16-10-6-14(4-2)7-11-16/h3,6-13H,1,4-5H2,2H3. The van der Waals surface area contributed by atoms with Gasteiger partial charge in [-0.1, -0.05) is 61.5 Å². The molecule has 0 unspecified atom stereocenters. The van der Waals surface area contributed by atoms with Crippen molar-refractivity contribution in [1.82, 2.24) is 0 Å². The molecule has 2 aromatic carbocycles. The van der Waals surface area contributed by atoms with E-state index in [1.165, 1.54) is 22.3 Å². The van der Waals surface area contributed by atoms with Gasteiger partial charge < -0.3 is 0 Å². The van der Waals surface area contributed by atoms with Crippen molar-refractivity contribution in [2.45, 2.75) is 19.8 Å². The second-order valence-corrected chi connectivity index (χ2v) is 4.24. The topological polar surface area (TPSA) is 0 Å². The fraction of sp³-hybridized carbons (Fsp3) is 0.176. The number of hydrogen-bond acceptors (Lipinski definition) is 0. The van der Waals surface area contributed by atoms with E-state index in [4.69, 9.17) is 0 Å². The Labute approximate surface area is 104 Å². The third-order valence-corrected chi connectivity index (χ3v) is 3.03. The Hall–Kier alpha value is -1.82. The third kappa shape index (κ3) is 2.85. The molecule has 0 bridgehead atoms. The van der Waals surface area contributed by atoms with Gasteiger partial charge in [-0.05, 0) is 35.1 Å². The molecule has 0 spiro atoms. The largest absolute Gasteiger partial charge is 0.103 e. The molecule has 2 rings (SSSR count). The quantitative estimate of drug-likeness (QED) is 0.661. The summed E-state index contributed by atoms with van der Waals surface area (Å²) in [6.07, 6.45) is 3.97. The predicted molar refractivity (Wildman–Crippen MR) is 75.2 cm³/mol. The maximum atomic E-state index is 3.76. The fourth-order valence-corrected chi connectivity index (χ4v) is 1.93. The first kappa shape index (κ1) is 11.7. The molecule has 0 aliphatic rings. The molecule has 0 heterocycles. The monoisotopic (exact) mass is 222 g/mol. The van der Waals surface area contributed by atoms with E-state index in [-0.39, 0.29) is 0 Å². The molecule has 0 aromatic heterocycles. The van der Waals surface area contributed by atoms with Crippen LogP contribution in [0.4, 0.5) is 0 Å². The zero-order valence-corrected chi connectivity index (χ0v) is 10.3. The molecule has 2 aromatic rings. The maximum absolute atomic E-state index is 3.76. The molecular formula is C17H18. The van der Waals surface area contributed by atoms with Crippen LogP contribution < -0.4 is 0 Å². The van der Waals surface area contributed by atoms with Crippen molar-refractivity contribution in [3.8, 4) is 11.1 Å². The Morgan fingerprint density at radius 3 is 1.71 bits per heavy atom. The van der Waals surface area contributed by atoms with Crippen LogP contribution in [0.3, 0.4) is 0 Å². The highest BCUT2D eigenvalue weighted by molar-refractivity contribution is 5.64. The number of rotatable bonds is 4. The van der Waals surface area contributed by atoms with E-state index in [0.717, 1.165) is 12.8 Å². The molecule has 0 N–H and O–H groups in total. The smallest absolute Gasteiger partial charge is 0.0100 e. The van der Waals surface area contributed by atoms with Gasteiger partial charge >= 0.3 is 0 Å². The van der Waals surface area contributed by atoms with E-state index in [1.807, 2.05) is 6.08 Å². The highest BCUT2D eigenvalue weighted by Crippen LogP contribution is 2.20. The lowest BCUT2D eigenvalue weighted by Gasteiger charge is -2.04. The molecule has 0 saturated heterocycles. The van der Waals surface area contributed by atoms with Gasteiger partial charge in [0.15, 0.2) is 0 Å². The van der Waals surface area contributed by atoms with Crippen molar-refractivity contribution in [1.29, 1.82) is 0 Å². The van der Waals surface area contributed by atoms with Gasteiger partial charge in [0, 0.05) is 0 Å². The minimum absolute atomic E-state index is 0.940. The van der Waals surface area contributed by atoms with Crippen molar-refractivity contribution in [2.24, 2.45) is 0 Å². The van der Waals surface area contributed by atoms with E-state index in [0.29, 0.717) is 0 Å². The van der Waals surface area contributed by atoms with Crippen LogP contribution in [0.2, 0.25) is 0 Å². The van der Waals surface area contributed by atoms with Gasteiger partial charge in [-0.2, -0.15) is 0 Å². The zero-order valence-electron chi connectivity index (χ0n) is 10.3. The van der Waals surface area contributed by atoms with Crippen LogP contribution in [0.25, 0.3) is 11.1 Å². The number of aryl methyl sites for hydroxylation is 1. The molecule has 0 atom stereocenters. The summed E-state index contributed by atoms with van der Waals surface area (Å²) in [4.78, 5) is 0. The maximum Gasteiger partial charge on any atom is -0.0100 e. The summed E-state index contributed by atoms with van der Waals surface area (Å²) in [6.45, 7) is 5.94. The van der Waals surface area contributed by atoms with Gasteiger partial charge in [0.1, 0.15) is 0 Å². The molecule has 0 heteroatoms. The van der Waals surface area contributed by atoms with Crippen LogP contribution in [-0.2, 0) is 12.8 Å². The Kier molecular flexibility index (Phi) is 3.77. The average Bonchev–Trinajstić information content (AvgIpc) is 2.40. The van der Waals surface area contributed by atoms with Gasteiger partial charge in [0.25, 0.3) is 0 Å². The summed E-state index contributed by atoms with van der Waals surface area (Å²) < 4.78 is 0. The molecule has 0 aliphatic heterocycles. The molecular weight excluding hydrogens is 204 g/mol. The van der Waals surface area contributed by atoms with Crippen LogP contribution >= 0.6 is 0 Å². The molecule has 17 heavy (non-hydrogen) atoms. The molecule has 0 aliphatic carbocycles. The number of allylic oxidation sites excluding steroid dienone is 1. The lowest BCUT2D eigenvalue weighted by molar-refractivity contribution is 1.14. The molecule has 0 nitrogen and oxygen atoms in total. The first-order valence-corrected chi connectivity index (χ1v) is 6.12. The summed E-state index contributed by atoms with van der Waals surface area (Å²) in [5.41, 5.74) is 5.26. The minimum Gasteiger partial charge on any atom is -0.103 e. The van der Waals surface area contributed by atoms with E-state index < -0.39 is 0 Å². The highest BCUT2D eigenvalue weighted by Gasteiger charge is 1.97. The zero-order chi connectivity index (χ0) is 12.1. The Balaban J connectivity index is 2.23. The average molecular weight is 222 g/mol. The van der Waals surface area contributed by atoms with E-state index in [9.17, 15) is 0 Å². The van der Waals surface area contributed by atoms with E-state index in [2.05, 4.69) is 62.0 Å². The number of benzene rings is 2. The SMILES string of the molecule is C=CCc1ccc(-c2ccc(CC)cc2)cc1. The second kappa shape index (κ2) is 5.49. The van der Waals surface area contributed by atoms with Crippen LogP contribution in [-0.4, -0.2) is 0 Å². The summed E-state index contributed by atoms with van der Waals surface area (Å²) in [7, 11) is 0. The van der Waals surface area contributed by atoms with Gasteiger partial charge in [-0.25, -0.2) is 0 Å². The van der Waals surface area contributed by atoms with Crippen molar-refractivity contribution in [2.75, 3.05) is 0 Å². The van der Waals surface area contributed by atoms with Crippen molar-refractivity contribution >= 4 is 0 Å². The summed E-state index contributed by atoms with van der Waals surface area (Å²) in [6, 6.07) is 17.5. The normalized spacial score (nSPS) is 10.2. The van der Waals surface area contributed by atoms with Crippen molar-refractivity contribution < 1.29 is 0 Å². The van der Waals surface area contributed by atoms with Gasteiger partial charge in [-0.15, -0.1) is 6.58 Å². The number of hydrogen-bond donors (Lipinski definition) is 0. The first-order valence-electron chi connectivity index (χ1n) is 6.12. The predicted octanol–water partition coefficient (Wildman–Crippen LogP) is 4.64. The Bertz CT molecular complexity index is 474. The fourth-order valence-electron chi connectivity index (χ4n) is 1.93. The molecule has 0 radical (unpaired) electrons. The third-order valence-electron chi connectivity index (χ3n) is 3.03. The van der Waals surface area contributed by atoms with Crippen LogP contribution in [0.5, 0.6) is 0 Å². The highest BCUT2D eigenvalue weighted by atomic mass is 14.0. The van der Waals surface area contributed by atoms with Crippen LogP contribution in [0.15, 0.2) is 61.2 Å². The molecule has 0 amide bonds. The molecule has 0 fully saturated rings. The lowest BCUT2D eigenvalue weighted by Crippen LogP contribution is -1.83. The van der Waals surface area contributed by atoms with E-state index >= 15 is 0 Å². The van der Waals surface area contributed by atoms with E-state index in [1.54, 1.807) is 0 Å². The molecule has 86 valence electrons. The summed E-state index contributed by atoms with van der Waals surface area (Å²) in [5, 5.41) is 0. The van der Waals surface area contributed by atoms with Gasteiger partial charge in [-0.3, -0.25) is 0 Å². The summed E-state index contributed by atoms with van der Waals surface area (Å²) >= 11 is 0. The Morgan fingerprint density at radius 2 is 1.29 bits per heavy atom. The van der Waals surface area contributed by atoms with Crippen molar-refractivity contribution in [3.63, 3.8) is 0 Å². The first-order chi connectivity index (χ1) is 8.33. The van der Waals surface area contributed by atoms with Crippen LogP contribution in [0.1, 0.15) is 18.1 Å². The van der Waals surface area contributed by atoms with Gasteiger partial charge in [0.2, 0.25) is 0 Å². The Morgan fingerprint density at radius 1 is 0.824 bits per heavy atom. The second-order valence-electron chi connectivity index (χ2n) is 4.24. The van der Waals surface area contributed by atoms with Crippen LogP contribution in [0, 0.1) is 0 Å². The van der Waals surface area contributed by atoms with Crippen molar-refractivity contribution in [3.05, 3.63) is 72.3 Å². The molecule has 0 saturated carbocycles. The minimum atomic E-state index is 0.940. The lowest BCUT2D eigenvalue weighted by atomic mass is 10.0. The van der Waals surface area contributed by atoms with Gasteiger partial charge in [0.05, 0.1) is 0 Å². The summed E-state index contributed by atoms with van der Waals surface area (Å²) in [5.74, 6) is 0.